The van der Waals surface area contributed by atoms with Gasteiger partial charge >= 0.3 is 0 Å². The quantitative estimate of drug-likeness (QED) is 0.802. The van der Waals surface area contributed by atoms with Gasteiger partial charge in [-0.2, -0.15) is 10.5 Å². The van der Waals surface area contributed by atoms with Gasteiger partial charge in [0.15, 0.2) is 17.9 Å². The van der Waals surface area contributed by atoms with E-state index in [1.165, 1.54) is 0 Å². The number of benzene rings is 2. The van der Waals surface area contributed by atoms with Crippen LogP contribution in [0.4, 0.5) is 0 Å². The number of carbonyl (C=O) groups is 1. The lowest BCUT2D eigenvalue weighted by atomic mass is 9.66. The Labute approximate surface area is 182 Å². The summed E-state index contributed by atoms with van der Waals surface area (Å²) in [6.07, 6.45) is 3.94. The average Bonchev–Trinajstić information content (AvgIpc) is 3.03. The van der Waals surface area contributed by atoms with E-state index >= 15 is 0 Å². The third-order valence-corrected chi connectivity index (χ3v) is 6.57. The van der Waals surface area contributed by atoms with Crippen LogP contribution in [0, 0.1) is 33.5 Å². The fourth-order valence-electron chi connectivity index (χ4n) is 5.03. The number of hydrogen-bond acceptors (Lipinski definition) is 3. The van der Waals surface area contributed by atoms with Gasteiger partial charge in [-0.25, -0.2) is 0 Å². The van der Waals surface area contributed by atoms with Crippen LogP contribution in [0.25, 0.3) is 6.08 Å². The molecule has 0 spiro atoms. The summed E-state index contributed by atoms with van der Waals surface area (Å²) in [5.74, 6) is -0.572. The number of fused-ring (bicyclic) bond motifs is 3. The van der Waals surface area contributed by atoms with Crippen molar-refractivity contribution < 1.29 is 9.69 Å². The molecule has 0 aliphatic carbocycles. The molecule has 2 aliphatic rings. The van der Waals surface area contributed by atoms with Gasteiger partial charge in [0.1, 0.15) is 0 Å². The molecule has 0 saturated carbocycles. The highest BCUT2D eigenvalue weighted by Crippen LogP contribution is 2.52. The molecule has 1 saturated heterocycles. The number of carbonyl (C=O) groups excluding carboxylic acids is 1. The van der Waals surface area contributed by atoms with Crippen LogP contribution in [0.1, 0.15) is 49.4 Å². The van der Waals surface area contributed by atoms with Gasteiger partial charge in [-0.15, -0.1) is 0 Å². The van der Waals surface area contributed by atoms with Gasteiger partial charge in [-0.05, 0) is 29.3 Å². The number of hydrogen-bond donors (Lipinski definition) is 1. The molecule has 0 bridgehead atoms. The molecule has 1 fully saturated rings. The second kappa shape index (κ2) is 7.10. The minimum Gasteiger partial charge on any atom is -0.292 e. The summed E-state index contributed by atoms with van der Waals surface area (Å²) in [4.78, 5) is 14.6. The molecule has 5 heteroatoms. The Morgan fingerprint density at radius 2 is 1.80 bits per heavy atom. The van der Waals surface area contributed by atoms with Crippen molar-refractivity contribution in [2.75, 3.05) is 0 Å². The Hall–Kier alpha value is -2.92. The van der Waals surface area contributed by atoms with Gasteiger partial charge in [0, 0.05) is 16.0 Å². The van der Waals surface area contributed by atoms with Crippen LogP contribution in [-0.2, 0) is 4.79 Å². The number of nitrogens with one attached hydrogen (secondary N) is 1. The van der Waals surface area contributed by atoms with Crippen molar-refractivity contribution in [3.05, 3.63) is 76.4 Å². The maximum absolute atomic E-state index is 13.7. The van der Waals surface area contributed by atoms with Crippen molar-refractivity contribution in [2.24, 2.45) is 10.8 Å². The van der Waals surface area contributed by atoms with Gasteiger partial charge in [-0.3, -0.25) is 9.69 Å². The topological polar surface area (TPSA) is 69.1 Å². The third-order valence-electron chi connectivity index (χ3n) is 6.33. The first-order valence-corrected chi connectivity index (χ1v) is 10.4. The number of ketones is 1. The van der Waals surface area contributed by atoms with Crippen molar-refractivity contribution in [2.45, 2.75) is 38.8 Å². The zero-order valence-electron chi connectivity index (χ0n) is 17.2. The Morgan fingerprint density at radius 1 is 1.10 bits per heavy atom. The molecule has 0 amide bonds. The molecule has 1 unspecified atom stereocenters. The Morgan fingerprint density at radius 3 is 2.43 bits per heavy atom. The van der Waals surface area contributed by atoms with E-state index in [4.69, 9.17) is 11.6 Å². The first-order valence-electron chi connectivity index (χ1n) is 10.0. The predicted molar refractivity (Wildman–Crippen MR) is 115 cm³/mol. The first kappa shape index (κ1) is 20.4. The lowest BCUT2D eigenvalue weighted by Gasteiger charge is -2.31. The number of nitrogens with zero attached hydrogens (tertiary/aromatic N) is 2. The summed E-state index contributed by atoms with van der Waals surface area (Å²) in [5, 5.41) is 21.4. The van der Waals surface area contributed by atoms with Crippen LogP contribution in [0.15, 0.2) is 54.7 Å². The molecule has 1 N–H and O–H groups in total. The Kier molecular flexibility index (Phi) is 4.82. The van der Waals surface area contributed by atoms with E-state index in [0.29, 0.717) is 5.02 Å². The predicted octanol–water partition coefficient (Wildman–Crippen LogP) is 4.07. The second-order valence-electron chi connectivity index (χ2n) is 9.11. The number of Topliss-reactive ketones (excluding diaryl/α,β-unsaturated/α-hetero) is 1. The van der Waals surface area contributed by atoms with E-state index in [1.807, 2.05) is 69.4 Å². The molecule has 0 radical (unpaired) electrons. The molecule has 2 aromatic carbocycles. The maximum atomic E-state index is 13.7. The monoisotopic (exact) mass is 416 g/mol. The van der Waals surface area contributed by atoms with Crippen molar-refractivity contribution in [1.29, 1.82) is 10.5 Å². The molecule has 4 rings (SSSR count). The van der Waals surface area contributed by atoms with Crippen LogP contribution in [0.3, 0.4) is 0 Å². The van der Waals surface area contributed by atoms with Crippen LogP contribution in [-0.4, -0.2) is 11.8 Å². The van der Waals surface area contributed by atoms with Gasteiger partial charge in [-0.1, -0.05) is 68.8 Å². The van der Waals surface area contributed by atoms with Crippen molar-refractivity contribution in [3.63, 3.8) is 0 Å². The van der Waals surface area contributed by atoms with Crippen molar-refractivity contribution >= 4 is 23.5 Å². The third kappa shape index (κ3) is 2.88. The molecular formula is C25H23ClN3O+. The minimum atomic E-state index is -1.41. The Balaban J connectivity index is 2.03. The number of quaternary nitrogens is 1. The first-order chi connectivity index (χ1) is 14.2. The van der Waals surface area contributed by atoms with Gasteiger partial charge < -0.3 is 0 Å². The summed E-state index contributed by atoms with van der Waals surface area (Å²) in [7, 11) is 0. The van der Waals surface area contributed by atoms with Crippen molar-refractivity contribution in [3.8, 4) is 12.1 Å². The molecule has 30 heavy (non-hydrogen) atoms. The van der Waals surface area contributed by atoms with E-state index in [0.717, 1.165) is 21.6 Å². The van der Waals surface area contributed by atoms with E-state index in [9.17, 15) is 15.3 Å². The highest BCUT2D eigenvalue weighted by atomic mass is 35.5. The number of nitriles is 2. The zero-order chi connectivity index (χ0) is 21.7. The minimum absolute atomic E-state index is 0.0314. The summed E-state index contributed by atoms with van der Waals surface area (Å²) >= 11 is 6.28. The normalized spacial score (nSPS) is 26.2. The smallest absolute Gasteiger partial charge is 0.212 e. The summed E-state index contributed by atoms with van der Waals surface area (Å²) in [6.45, 7) is 5.66. The summed E-state index contributed by atoms with van der Waals surface area (Å²) in [5.41, 5.74) is 0.627. The fraction of sp³-hybridized carbons (Fsp3) is 0.320. The molecule has 2 aromatic rings. The van der Waals surface area contributed by atoms with Gasteiger partial charge in [0.25, 0.3) is 0 Å². The maximum Gasteiger partial charge on any atom is 0.212 e. The summed E-state index contributed by atoms with van der Waals surface area (Å²) < 4.78 is 0. The molecule has 2 heterocycles. The molecule has 4 nitrogen and oxygen atoms in total. The van der Waals surface area contributed by atoms with Crippen LogP contribution in [0.5, 0.6) is 0 Å². The van der Waals surface area contributed by atoms with E-state index in [1.54, 1.807) is 12.1 Å². The number of rotatable bonds is 2. The second-order valence-corrected chi connectivity index (χ2v) is 9.55. The standard InChI is InChI=1S/C25H22ClN3O/c1-24(2,3)23(30)21-20(17-8-6-9-18(26)13-17)25(14-27,15-28)22-19-10-5-4-7-16(19)11-12-29(21)22/h4-13,20-22H,1-3H3/p+1/t20-,21+,22+/m1/s1. The highest BCUT2D eigenvalue weighted by molar-refractivity contribution is 6.30. The molecule has 2 aliphatic heterocycles. The Bertz CT molecular complexity index is 1120. The lowest BCUT2D eigenvalue weighted by molar-refractivity contribution is -0.885. The highest BCUT2D eigenvalue weighted by Gasteiger charge is 2.68. The molecule has 150 valence electrons. The van der Waals surface area contributed by atoms with Crippen molar-refractivity contribution in [1.82, 2.24) is 0 Å². The van der Waals surface area contributed by atoms with Crippen LogP contribution < -0.4 is 4.90 Å². The van der Waals surface area contributed by atoms with E-state index in [-0.39, 0.29) is 5.78 Å². The largest absolute Gasteiger partial charge is 0.292 e. The zero-order valence-corrected chi connectivity index (χ0v) is 17.9. The average molecular weight is 417 g/mol. The fourth-order valence-corrected chi connectivity index (χ4v) is 5.23. The molecule has 0 aromatic heterocycles. The van der Waals surface area contributed by atoms with Crippen LogP contribution >= 0.6 is 11.6 Å². The number of halogens is 1. The molecule has 4 atom stereocenters. The molecular weight excluding hydrogens is 394 g/mol. The SMILES string of the molecule is CC(C)(C)C(=O)[C@@H]1[C@@H](c2cccc(Cl)c2)C(C#N)(C#N)[C@@H]2c3ccccc3C=C[NH+]12. The van der Waals surface area contributed by atoms with Gasteiger partial charge in [0.05, 0.1) is 24.3 Å². The van der Waals surface area contributed by atoms with Gasteiger partial charge in [0.2, 0.25) is 5.41 Å². The van der Waals surface area contributed by atoms with E-state index < -0.39 is 28.8 Å². The van der Waals surface area contributed by atoms with Crippen LogP contribution in [0.2, 0.25) is 5.02 Å². The lowest BCUT2D eigenvalue weighted by Crippen LogP contribution is -3.12. The summed E-state index contributed by atoms with van der Waals surface area (Å²) in [6, 6.07) is 18.7. The van der Waals surface area contributed by atoms with E-state index in [2.05, 4.69) is 12.1 Å².